The minimum absolute atomic E-state index is 0.0145. The average Bonchev–Trinajstić information content (AvgIpc) is 3.09. The first kappa shape index (κ1) is 16.8. The number of hydrogen-bond acceptors (Lipinski definition) is 6. The van der Waals surface area contributed by atoms with Gasteiger partial charge in [-0.3, -0.25) is 4.79 Å². The van der Waals surface area contributed by atoms with Crippen molar-refractivity contribution in [2.45, 2.75) is 31.8 Å². The van der Waals surface area contributed by atoms with Crippen LogP contribution in [0.4, 0.5) is 0 Å². The predicted molar refractivity (Wildman–Crippen MR) is 88.6 cm³/mol. The van der Waals surface area contributed by atoms with Crippen molar-refractivity contribution >= 4 is 17.2 Å². The van der Waals surface area contributed by atoms with Gasteiger partial charge < -0.3 is 19.6 Å². The highest BCUT2D eigenvalue weighted by Crippen LogP contribution is 2.19. The Labute approximate surface area is 141 Å². The number of nitrogens with zero attached hydrogens (tertiary/aromatic N) is 3. The zero-order chi connectivity index (χ0) is 16.3. The van der Waals surface area contributed by atoms with Crippen LogP contribution in [0, 0.1) is 6.92 Å². The van der Waals surface area contributed by atoms with E-state index in [9.17, 15) is 9.90 Å². The van der Waals surface area contributed by atoms with Gasteiger partial charge in [-0.15, -0.1) is 11.3 Å². The van der Waals surface area contributed by atoms with Gasteiger partial charge in [0.2, 0.25) is 5.91 Å². The molecule has 7 heteroatoms. The van der Waals surface area contributed by atoms with Crippen molar-refractivity contribution in [3.05, 3.63) is 16.1 Å². The summed E-state index contributed by atoms with van der Waals surface area (Å²) in [6, 6.07) is 0. The molecule has 0 aromatic carbocycles. The van der Waals surface area contributed by atoms with E-state index < -0.39 is 5.60 Å². The van der Waals surface area contributed by atoms with Gasteiger partial charge in [0.15, 0.2) is 0 Å². The van der Waals surface area contributed by atoms with Crippen molar-refractivity contribution in [1.82, 2.24) is 14.8 Å². The van der Waals surface area contributed by atoms with Gasteiger partial charge in [0.1, 0.15) is 5.60 Å². The number of carbonyl (C=O) groups excluding carboxylic acids is 1. The Kier molecular flexibility index (Phi) is 5.31. The highest BCUT2D eigenvalue weighted by molar-refractivity contribution is 7.09. The van der Waals surface area contributed by atoms with E-state index >= 15 is 0 Å². The lowest BCUT2D eigenvalue weighted by molar-refractivity contribution is -0.133. The first-order valence-electron chi connectivity index (χ1n) is 8.25. The summed E-state index contributed by atoms with van der Waals surface area (Å²) in [5.41, 5.74) is -0.167. The van der Waals surface area contributed by atoms with Crippen molar-refractivity contribution in [1.29, 1.82) is 0 Å². The van der Waals surface area contributed by atoms with Crippen LogP contribution in [0.3, 0.4) is 0 Å². The quantitative estimate of drug-likeness (QED) is 0.874. The fourth-order valence-corrected chi connectivity index (χ4v) is 3.95. The van der Waals surface area contributed by atoms with Crippen molar-refractivity contribution in [2.24, 2.45) is 0 Å². The Morgan fingerprint density at radius 2 is 2.22 bits per heavy atom. The lowest BCUT2D eigenvalue weighted by Crippen LogP contribution is -2.53. The third-order valence-electron chi connectivity index (χ3n) is 4.43. The summed E-state index contributed by atoms with van der Waals surface area (Å²) >= 11 is 1.56. The van der Waals surface area contributed by atoms with E-state index in [2.05, 4.69) is 9.88 Å². The molecule has 0 spiro atoms. The molecule has 2 aliphatic rings. The van der Waals surface area contributed by atoms with E-state index in [-0.39, 0.29) is 5.91 Å². The lowest BCUT2D eigenvalue weighted by atomic mass is 10.0. The van der Waals surface area contributed by atoms with Crippen LogP contribution in [0.5, 0.6) is 0 Å². The third-order valence-corrected chi connectivity index (χ3v) is 5.25. The zero-order valence-corrected chi connectivity index (χ0v) is 14.5. The summed E-state index contributed by atoms with van der Waals surface area (Å²) in [6.07, 6.45) is 2.66. The molecular weight excluding hydrogens is 314 g/mol. The smallest absolute Gasteiger partial charge is 0.228 e. The number of thiazole rings is 1. The number of carbonyl (C=O) groups is 1. The van der Waals surface area contributed by atoms with Crippen LogP contribution < -0.4 is 0 Å². The normalized spacial score (nSPS) is 26.4. The molecule has 3 rings (SSSR count). The van der Waals surface area contributed by atoms with E-state index in [0.29, 0.717) is 39.3 Å². The second-order valence-electron chi connectivity index (χ2n) is 6.61. The highest BCUT2D eigenvalue weighted by atomic mass is 32.1. The third kappa shape index (κ3) is 4.50. The van der Waals surface area contributed by atoms with E-state index in [1.54, 1.807) is 16.2 Å². The van der Waals surface area contributed by atoms with Gasteiger partial charge in [0, 0.05) is 18.5 Å². The number of aromatic nitrogens is 1. The second kappa shape index (κ2) is 7.25. The van der Waals surface area contributed by atoms with Crippen molar-refractivity contribution in [3.63, 3.8) is 0 Å². The molecule has 2 fully saturated rings. The molecule has 0 saturated carbocycles. The Balaban J connectivity index is 1.62. The number of hydrogen-bond donors (Lipinski definition) is 1. The van der Waals surface area contributed by atoms with Crippen molar-refractivity contribution < 1.29 is 14.6 Å². The standard InChI is InChI=1S/C16H25N3O3S/c1-13-17-14(9-23-13)8-15(20)19-6-7-22-12-16(21,11-19)10-18-4-2-3-5-18/h9,21H,2-8,10-12H2,1H3. The average molecular weight is 339 g/mol. The van der Waals surface area contributed by atoms with Crippen LogP contribution >= 0.6 is 11.3 Å². The molecule has 1 aromatic heterocycles. The molecule has 1 N–H and O–H groups in total. The lowest BCUT2D eigenvalue weighted by Gasteiger charge is -2.34. The molecule has 0 aliphatic carbocycles. The summed E-state index contributed by atoms with van der Waals surface area (Å²) in [6.45, 7) is 6.20. The number of aliphatic hydroxyl groups is 1. The first-order chi connectivity index (χ1) is 11.0. The Morgan fingerprint density at radius 1 is 1.43 bits per heavy atom. The van der Waals surface area contributed by atoms with E-state index in [4.69, 9.17) is 4.74 Å². The van der Waals surface area contributed by atoms with Gasteiger partial charge in [-0.1, -0.05) is 0 Å². The van der Waals surface area contributed by atoms with Crippen LogP contribution in [0.15, 0.2) is 5.38 Å². The molecule has 1 aromatic rings. The van der Waals surface area contributed by atoms with Crippen LogP contribution in [0.25, 0.3) is 0 Å². The number of β-amino-alcohol motifs (C(OH)–C–C–N with tert-alkyl or cyclic N) is 1. The van der Waals surface area contributed by atoms with Gasteiger partial charge >= 0.3 is 0 Å². The van der Waals surface area contributed by atoms with Crippen LogP contribution in [0.2, 0.25) is 0 Å². The van der Waals surface area contributed by atoms with Gasteiger partial charge in [-0.25, -0.2) is 4.98 Å². The maximum atomic E-state index is 12.6. The van der Waals surface area contributed by atoms with Gasteiger partial charge in [0.25, 0.3) is 0 Å². The molecule has 1 amide bonds. The number of rotatable bonds is 4. The molecule has 1 unspecified atom stereocenters. The number of ether oxygens (including phenoxy) is 1. The van der Waals surface area contributed by atoms with Crippen molar-refractivity contribution in [2.75, 3.05) is 45.9 Å². The number of amides is 1. The summed E-state index contributed by atoms with van der Waals surface area (Å²) < 4.78 is 5.57. The van der Waals surface area contributed by atoms with Gasteiger partial charge in [0.05, 0.1) is 36.9 Å². The summed E-state index contributed by atoms with van der Waals surface area (Å²) in [4.78, 5) is 20.9. The predicted octanol–water partition coefficient (Wildman–Crippen LogP) is 0.680. The number of aryl methyl sites for hydroxylation is 1. The van der Waals surface area contributed by atoms with Crippen molar-refractivity contribution in [3.8, 4) is 0 Å². The second-order valence-corrected chi connectivity index (χ2v) is 7.67. The van der Waals surface area contributed by atoms with Crippen LogP contribution in [0.1, 0.15) is 23.5 Å². The van der Waals surface area contributed by atoms with E-state index in [0.717, 1.165) is 23.8 Å². The fourth-order valence-electron chi connectivity index (χ4n) is 3.34. The maximum Gasteiger partial charge on any atom is 0.228 e. The van der Waals surface area contributed by atoms with E-state index in [1.807, 2.05) is 12.3 Å². The molecule has 6 nitrogen and oxygen atoms in total. The SMILES string of the molecule is Cc1nc(CC(=O)N2CCOCC(O)(CN3CCCC3)C2)cs1. The van der Waals surface area contributed by atoms with Gasteiger partial charge in [-0.2, -0.15) is 0 Å². The highest BCUT2D eigenvalue weighted by Gasteiger charge is 2.36. The van der Waals surface area contributed by atoms with Crippen LogP contribution in [-0.2, 0) is 16.0 Å². The Hall–Kier alpha value is -1.02. The maximum absolute atomic E-state index is 12.6. The summed E-state index contributed by atoms with van der Waals surface area (Å²) in [7, 11) is 0. The molecule has 3 heterocycles. The fraction of sp³-hybridized carbons (Fsp3) is 0.750. The monoisotopic (exact) mass is 339 g/mol. The largest absolute Gasteiger partial charge is 0.384 e. The topological polar surface area (TPSA) is 65.9 Å². The molecule has 128 valence electrons. The van der Waals surface area contributed by atoms with Crippen LogP contribution in [-0.4, -0.2) is 77.3 Å². The molecule has 23 heavy (non-hydrogen) atoms. The van der Waals surface area contributed by atoms with Gasteiger partial charge in [-0.05, 0) is 32.9 Å². The first-order valence-corrected chi connectivity index (χ1v) is 9.13. The minimum atomic E-state index is -0.978. The molecular formula is C16H25N3O3S. The summed E-state index contributed by atoms with van der Waals surface area (Å²) in [5.74, 6) is 0.0145. The Morgan fingerprint density at radius 3 is 2.91 bits per heavy atom. The molecule has 0 radical (unpaired) electrons. The number of likely N-dealkylation sites (tertiary alicyclic amines) is 1. The molecule has 2 aliphatic heterocycles. The minimum Gasteiger partial charge on any atom is -0.384 e. The molecule has 0 bridgehead atoms. The van der Waals surface area contributed by atoms with E-state index in [1.165, 1.54) is 12.8 Å². The zero-order valence-electron chi connectivity index (χ0n) is 13.7. The molecule has 1 atom stereocenters. The molecule has 2 saturated heterocycles. The Bertz CT molecular complexity index is 544. The summed E-state index contributed by atoms with van der Waals surface area (Å²) in [5, 5.41) is 13.8.